The molecule has 0 N–H and O–H groups in total. The molecule has 0 aliphatic rings. The summed E-state index contributed by atoms with van der Waals surface area (Å²) in [5, 5.41) is 9.54. The van der Waals surface area contributed by atoms with Crippen molar-refractivity contribution in [2.24, 2.45) is 0 Å². The van der Waals surface area contributed by atoms with E-state index >= 15 is 0 Å². The van der Waals surface area contributed by atoms with Crippen LogP contribution >= 0.6 is 0 Å². The number of para-hydroxylation sites is 3. The molecule has 3 nitrogen and oxygen atoms in total. The van der Waals surface area contributed by atoms with Crippen molar-refractivity contribution < 1.29 is 4.42 Å². The largest absolute Gasteiger partial charge is 0.455 e. The third-order valence-electron chi connectivity index (χ3n) is 12.0. The van der Waals surface area contributed by atoms with Gasteiger partial charge in [0.1, 0.15) is 11.2 Å². The topological polar surface area (TPSA) is 21.3 Å². The van der Waals surface area contributed by atoms with Gasteiger partial charge in [0, 0.05) is 55.2 Å². The van der Waals surface area contributed by atoms with Crippen LogP contribution in [-0.2, 0) is 0 Å². The quantitative estimate of drug-likeness (QED) is 0.169. The van der Waals surface area contributed by atoms with E-state index in [-0.39, 0.29) is 0 Å². The van der Waals surface area contributed by atoms with Crippen molar-refractivity contribution >= 4 is 82.4 Å². The van der Waals surface area contributed by atoms with Crippen LogP contribution in [0.25, 0.3) is 93.2 Å². The third kappa shape index (κ3) is 5.44. The molecule has 0 saturated carbocycles. The molecule has 12 rings (SSSR count). The van der Waals surface area contributed by atoms with Crippen LogP contribution in [0, 0.1) is 0 Å². The lowest BCUT2D eigenvalue weighted by Crippen LogP contribution is -2.09. The summed E-state index contributed by atoms with van der Waals surface area (Å²) in [6, 6.07) is 78.7. The second kappa shape index (κ2) is 13.4. The first kappa shape index (κ1) is 33.3. The standard InChI is InChI=1S/C56H36N2O/c1-2-13-41-36-46(33-25-37(41)11-1)57(44-31-26-40(27-32-44)48-19-10-20-51-52-34-28-39-12-3-4-16-47(39)56(52)59-55(48)51)43-29-23-38(24-30-43)42-14-9-15-45(35-42)58-53-21-7-5-17-49(53)50-18-6-8-22-54(50)58/h1-36H. The van der Waals surface area contributed by atoms with Gasteiger partial charge in [-0.15, -0.1) is 0 Å². The molecule has 0 radical (unpaired) electrons. The van der Waals surface area contributed by atoms with Crippen molar-refractivity contribution in [2.45, 2.75) is 0 Å². The summed E-state index contributed by atoms with van der Waals surface area (Å²) in [5.74, 6) is 0. The Morgan fingerprint density at radius 1 is 0.322 bits per heavy atom. The Morgan fingerprint density at radius 2 is 0.881 bits per heavy atom. The molecule has 3 heteroatoms. The maximum atomic E-state index is 6.71. The van der Waals surface area contributed by atoms with Crippen molar-refractivity contribution in [2.75, 3.05) is 4.90 Å². The number of aromatic nitrogens is 1. The molecule has 59 heavy (non-hydrogen) atoms. The highest BCUT2D eigenvalue weighted by molar-refractivity contribution is 6.17. The molecule has 2 heterocycles. The summed E-state index contributed by atoms with van der Waals surface area (Å²) in [6.07, 6.45) is 0. The first-order valence-corrected chi connectivity index (χ1v) is 20.2. The van der Waals surface area contributed by atoms with E-state index in [0.717, 1.165) is 66.8 Å². The number of hydrogen-bond donors (Lipinski definition) is 0. The summed E-state index contributed by atoms with van der Waals surface area (Å²) in [6.45, 7) is 0. The molecule has 10 aromatic carbocycles. The van der Waals surface area contributed by atoms with Crippen molar-refractivity contribution in [1.29, 1.82) is 0 Å². The zero-order valence-corrected chi connectivity index (χ0v) is 32.1. The third-order valence-corrected chi connectivity index (χ3v) is 12.0. The number of anilines is 3. The van der Waals surface area contributed by atoms with Crippen molar-refractivity contribution in [3.05, 3.63) is 218 Å². The average molecular weight is 753 g/mol. The molecule has 0 fully saturated rings. The lowest BCUT2D eigenvalue weighted by molar-refractivity contribution is 0.674. The Hall–Kier alpha value is -7.88. The minimum absolute atomic E-state index is 0.913. The highest BCUT2D eigenvalue weighted by Gasteiger charge is 2.18. The molecule has 0 spiro atoms. The Balaban J connectivity index is 0.937. The van der Waals surface area contributed by atoms with Crippen LogP contribution in [0.5, 0.6) is 0 Å². The van der Waals surface area contributed by atoms with Crippen LogP contribution < -0.4 is 4.90 Å². The molecular formula is C56H36N2O. The highest BCUT2D eigenvalue weighted by atomic mass is 16.3. The molecule has 276 valence electrons. The Morgan fingerprint density at radius 3 is 1.63 bits per heavy atom. The van der Waals surface area contributed by atoms with Gasteiger partial charge in [0.05, 0.1) is 11.0 Å². The van der Waals surface area contributed by atoms with Crippen LogP contribution in [0.1, 0.15) is 0 Å². The van der Waals surface area contributed by atoms with Crippen LogP contribution in [0.2, 0.25) is 0 Å². The molecule has 0 unspecified atom stereocenters. The average Bonchev–Trinajstić information content (AvgIpc) is 3.86. The number of benzene rings is 10. The van der Waals surface area contributed by atoms with Crippen LogP contribution in [0.15, 0.2) is 223 Å². The van der Waals surface area contributed by atoms with E-state index in [4.69, 9.17) is 4.42 Å². The van der Waals surface area contributed by atoms with Gasteiger partial charge < -0.3 is 13.9 Å². The fraction of sp³-hybridized carbons (Fsp3) is 0. The fourth-order valence-corrected chi connectivity index (χ4v) is 9.13. The van der Waals surface area contributed by atoms with Crippen LogP contribution in [0.4, 0.5) is 17.1 Å². The summed E-state index contributed by atoms with van der Waals surface area (Å²) in [7, 11) is 0. The number of furan rings is 1. The summed E-state index contributed by atoms with van der Waals surface area (Å²) < 4.78 is 9.09. The van der Waals surface area contributed by atoms with Gasteiger partial charge in [-0.3, -0.25) is 0 Å². The smallest absolute Gasteiger partial charge is 0.143 e. The molecule has 0 atom stereocenters. The van der Waals surface area contributed by atoms with Gasteiger partial charge in [0.15, 0.2) is 0 Å². The summed E-state index contributed by atoms with van der Waals surface area (Å²) in [5.41, 5.74) is 13.2. The Bertz CT molecular complexity index is 3500. The summed E-state index contributed by atoms with van der Waals surface area (Å²) in [4.78, 5) is 2.35. The van der Waals surface area contributed by atoms with Gasteiger partial charge >= 0.3 is 0 Å². The molecule has 0 amide bonds. The second-order valence-electron chi connectivity index (χ2n) is 15.3. The monoisotopic (exact) mass is 752 g/mol. The number of fused-ring (bicyclic) bond motifs is 9. The molecule has 0 saturated heterocycles. The molecule has 12 aromatic rings. The maximum absolute atomic E-state index is 6.71. The van der Waals surface area contributed by atoms with E-state index in [1.807, 2.05) is 0 Å². The molecule has 0 aliphatic carbocycles. The minimum atomic E-state index is 0.913. The van der Waals surface area contributed by atoms with Gasteiger partial charge in [-0.2, -0.15) is 0 Å². The number of hydrogen-bond acceptors (Lipinski definition) is 2. The molecule has 0 aliphatic heterocycles. The Labute approximate surface area is 341 Å². The van der Waals surface area contributed by atoms with Crippen molar-refractivity contribution in [1.82, 2.24) is 4.57 Å². The fourth-order valence-electron chi connectivity index (χ4n) is 9.13. The summed E-state index contributed by atoms with van der Waals surface area (Å²) >= 11 is 0. The van der Waals surface area contributed by atoms with E-state index in [1.54, 1.807) is 0 Å². The molecular weight excluding hydrogens is 717 g/mol. The highest BCUT2D eigenvalue weighted by Crippen LogP contribution is 2.42. The predicted molar refractivity (Wildman–Crippen MR) is 249 cm³/mol. The molecule has 0 bridgehead atoms. The van der Waals surface area contributed by atoms with E-state index in [9.17, 15) is 0 Å². The normalized spacial score (nSPS) is 11.7. The van der Waals surface area contributed by atoms with Gasteiger partial charge in [0.25, 0.3) is 0 Å². The zero-order valence-electron chi connectivity index (χ0n) is 32.1. The predicted octanol–water partition coefficient (Wildman–Crippen LogP) is 15.8. The maximum Gasteiger partial charge on any atom is 0.143 e. The number of rotatable bonds is 6. The lowest BCUT2D eigenvalue weighted by Gasteiger charge is -2.26. The van der Waals surface area contributed by atoms with Crippen LogP contribution in [0.3, 0.4) is 0 Å². The number of nitrogens with zero attached hydrogens (tertiary/aromatic N) is 2. The first-order valence-electron chi connectivity index (χ1n) is 20.2. The van der Waals surface area contributed by atoms with Crippen molar-refractivity contribution in [3.8, 4) is 27.9 Å². The Kier molecular flexibility index (Phi) is 7.54. The van der Waals surface area contributed by atoms with E-state index in [0.29, 0.717) is 0 Å². The second-order valence-corrected chi connectivity index (χ2v) is 15.3. The van der Waals surface area contributed by atoms with Gasteiger partial charge in [0.2, 0.25) is 0 Å². The molecule has 2 aromatic heterocycles. The SMILES string of the molecule is c1cc(-c2ccc(N(c3ccc(-c4cccc5c4oc4c6ccccc6ccc54)cc3)c3ccc4ccccc4c3)cc2)cc(-n2c3ccccc3c3ccccc32)c1. The van der Waals surface area contributed by atoms with Gasteiger partial charge in [-0.25, -0.2) is 0 Å². The van der Waals surface area contributed by atoms with E-state index in [1.165, 1.54) is 43.5 Å². The zero-order chi connectivity index (χ0) is 38.9. The minimum Gasteiger partial charge on any atom is -0.455 e. The van der Waals surface area contributed by atoms with E-state index in [2.05, 4.69) is 228 Å². The van der Waals surface area contributed by atoms with Gasteiger partial charge in [-0.1, -0.05) is 152 Å². The van der Waals surface area contributed by atoms with Crippen molar-refractivity contribution in [3.63, 3.8) is 0 Å². The van der Waals surface area contributed by atoms with Gasteiger partial charge in [-0.05, 0) is 99.6 Å². The lowest BCUT2D eigenvalue weighted by atomic mass is 10.0. The first-order chi connectivity index (χ1) is 29.2. The van der Waals surface area contributed by atoms with E-state index < -0.39 is 0 Å². The van der Waals surface area contributed by atoms with Crippen LogP contribution in [-0.4, -0.2) is 4.57 Å².